The number of carbonyl (C=O) groups is 11. The van der Waals surface area contributed by atoms with E-state index in [9.17, 15) is 63.0 Å². The molecule has 0 aliphatic carbocycles. The number of phenolic OH excluding ortho intramolecular Hbond substituents is 1. The maximum absolute atomic E-state index is 14.3. The summed E-state index contributed by atoms with van der Waals surface area (Å²) in [5.74, 6) is -9.24. The lowest BCUT2D eigenvalue weighted by molar-refractivity contribution is -0.143. The molecule has 2 saturated heterocycles. The molecule has 33 nitrogen and oxygen atoms in total. The van der Waals surface area contributed by atoms with Gasteiger partial charge in [0.05, 0.1) is 6.04 Å². The van der Waals surface area contributed by atoms with Gasteiger partial charge < -0.3 is 103 Å². The van der Waals surface area contributed by atoms with Gasteiger partial charge in [0, 0.05) is 32.7 Å². The lowest BCUT2D eigenvalue weighted by Gasteiger charge is -2.31. The van der Waals surface area contributed by atoms with Crippen LogP contribution in [0.3, 0.4) is 0 Å². The summed E-state index contributed by atoms with van der Waals surface area (Å²) >= 11 is 0. The summed E-state index contributed by atoms with van der Waals surface area (Å²) in [4.78, 5) is 162. The number of guanidine groups is 3. The topological polar surface area (TPSA) is 550 Å². The average molecular weight is 1200 g/mol. The van der Waals surface area contributed by atoms with Crippen LogP contribution in [-0.2, 0) is 59.2 Å². The number of phenols is 1. The van der Waals surface area contributed by atoms with Crippen molar-refractivity contribution in [2.75, 3.05) is 32.7 Å². The molecule has 2 aliphatic heterocycles. The molecule has 2 fully saturated rings. The Morgan fingerprint density at radius 3 is 1.27 bits per heavy atom. The molecular formula is C52H86N20O13. The first-order chi connectivity index (χ1) is 40.0. The lowest BCUT2D eigenvalue weighted by atomic mass is 10.1. The third-order valence-corrected chi connectivity index (χ3v) is 13.8. The summed E-state index contributed by atoms with van der Waals surface area (Å²) in [5.41, 5.74) is 39.4. The fourth-order valence-electron chi connectivity index (χ4n) is 9.12. The summed E-state index contributed by atoms with van der Waals surface area (Å²) < 4.78 is 0. The molecule has 1 aromatic rings. The van der Waals surface area contributed by atoms with Gasteiger partial charge in [-0.2, -0.15) is 0 Å². The van der Waals surface area contributed by atoms with E-state index in [4.69, 9.17) is 40.1 Å². The monoisotopic (exact) mass is 1200 g/mol. The summed E-state index contributed by atoms with van der Waals surface area (Å²) in [5, 5.41) is 39.3. The number of carboxylic acids is 1. The number of likely N-dealkylation sites (tertiary alicyclic amines) is 2. The molecule has 0 bridgehead atoms. The zero-order chi connectivity index (χ0) is 63.7. The third-order valence-electron chi connectivity index (χ3n) is 13.8. The number of aliphatic carboxylic acids is 1. The van der Waals surface area contributed by atoms with Crippen molar-refractivity contribution in [2.45, 2.75) is 172 Å². The van der Waals surface area contributed by atoms with Gasteiger partial charge in [0.1, 0.15) is 66.2 Å². The van der Waals surface area contributed by atoms with Crippen LogP contribution in [0.15, 0.2) is 39.2 Å². The predicted octanol–water partition coefficient (Wildman–Crippen LogP) is -6.53. The van der Waals surface area contributed by atoms with Crippen LogP contribution in [0.1, 0.15) is 104 Å². The Morgan fingerprint density at radius 1 is 0.494 bits per heavy atom. The summed E-state index contributed by atoms with van der Waals surface area (Å²) in [7, 11) is 0. The Bertz CT molecular complexity index is 2610. The number of carboxylic acid groups (broad SMARTS) is 1. The highest BCUT2D eigenvalue weighted by Gasteiger charge is 2.41. The van der Waals surface area contributed by atoms with E-state index in [-0.39, 0.29) is 114 Å². The van der Waals surface area contributed by atoms with E-state index < -0.39 is 132 Å². The third kappa shape index (κ3) is 23.6. The standard InChI is InChI=1S/C52H86N20O13/c1-26(63-42(77)33(53)25-31-16-18-32(73)19-17-31)39(74)68-34(11-6-20-60-50(54)55)43(78)66-29(4)47(82)71-23-9-14-37(71)45(80)65-28(3)41(76)70-36(13-8-22-62-52(58)59)48(83)72-24-10-15-38(72)46(81)64-27(2)40(75)69-35(12-7-21-61-51(56)57)44(79)67-30(5)49(84)85/h16-19,26-30,33-38,73H,6-15,20-25,53H2,1-5H3,(H,63,77)(H,64,81)(H,65,80)(H,66,78)(H,67,79)(H,68,74)(H,69,75)(H,70,76)(H,84,85)(H4,54,55,60)(H4,56,57,61)(H4,58,59,62)/t26-,27-,28-,29-,30-,33-,34-,35-,36-,37-,38-/m0/s1. The number of benzene rings is 1. The molecule has 0 radical (unpaired) electrons. The van der Waals surface area contributed by atoms with Crippen LogP contribution in [0.25, 0.3) is 0 Å². The van der Waals surface area contributed by atoms with E-state index >= 15 is 0 Å². The van der Waals surface area contributed by atoms with E-state index in [1.54, 1.807) is 12.1 Å². The minimum Gasteiger partial charge on any atom is -0.508 e. The Labute approximate surface area is 492 Å². The van der Waals surface area contributed by atoms with E-state index in [1.807, 2.05) is 0 Å². The Kier molecular flexibility index (Phi) is 28.5. The van der Waals surface area contributed by atoms with E-state index in [0.717, 1.165) is 0 Å². The number of hydrogen-bond acceptors (Lipinski definition) is 16. The van der Waals surface area contributed by atoms with Gasteiger partial charge in [0.15, 0.2) is 17.9 Å². The maximum atomic E-state index is 14.3. The van der Waals surface area contributed by atoms with Crippen LogP contribution in [-0.4, -0.2) is 202 Å². The van der Waals surface area contributed by atoms with Gasteiger partial charge in [-0.3, -0.25) is 67.7 Å². The Balaban J connectivity index is 1.69. The van der Waals surface area contributed by atoms with Gasteiger partial charge in [0.25, 0.3) is 0 Å². The van der Waals surface area contributed by atoms with Crippen molar-refractivity contribution in [2.24, 2.45) is 55.1 Å². The fourth-order valence-corrected chi connectivity index (χ4v) is 9.12. The molecule has 2 heterocycles. The molecule has 2 aliphatic rings. The van der Waals surface area contributed by atoms with Crippen LogP contribution in [0.2, 0.25) is 0 Å². The van der Waals surface area contributed by atoms with Crippen LogP contribution >= 0.6 is 0 Å². The second-order valence-corrected chi connectivity index (χ2v) is 20.9. The first-order valence-electron chi connectivity index (χ1n) is 28.0. The molecular weight excluding hydrogens is 1110 g/mol. The minimum absolute atomic E-state index is 0.00322. The van der Waals surface area contributed by atoms with Crippen LogP contribution in [0, 0.1) is 0 Å². The zero-order valence-corrected chi connectivity index (χ0v) is 48.6. The summed E-state index contributed by atoms with van der Waals surface area (Å²) in [6.45, 7) is 7.17. The number of aromatic hydroxyl groups is 1. The molecule has 33 heteroatoms. The van der Waals surface area contributed by atoms with Crippen molar-refractivity contribution < 1.29 is 63.0 Å². The first kappa shape index (κ1) is 70.2. The number of nitrogens with zero attached hydrogens (tertiary/aromatic N) is 5. The number of nitrogens with one attached hydrogen (secondary N) is 8. The van der Waals surface area contributed by atoms with Gasteiger partial charge in [-0.1, -0.05) is 12.1 Å². The smallest absolute Gasteiger partial charge is 0.325 e. The lowest BCUT2D eigenvalue weighted by Crippen LogP contribution is -2.59. The molecule has 0 aromatic heterocycles. The Morgan fingerprint density at radius 2 is 0.859 bits per heavy atom. The molecule has 3 rings (SSSR count). The highest BCUT2D eigenvalue weighted by molar-refractivity contribution is 5.99. The molecule has 11 atom stereocenters. The SMILES string of the molecule is C[C@H](NC(=O)[C@H](CCCN=C(N)N)NC(=O)[C@H](C)NC(=O)[C@@H]1CCCN1C(=O)[C@H](CCCN=C(N)N)NC(=O)[C@H](C)NC(=O)[C@@H]1CCCN1C(=O)[C@H](C)NC(=O)[C@H](CCCN=C(N)N)NC(=O)[C@H](C)NC(=O)[C@@H](N)Cc1ccc(O)cc1)C(=O)O. The zero-order valence-electron chi connectivity index (χ0n) is 48.6. The molecule has 0 spiro atoms. The largest absolute Gasteiger partial charge is 0.508 e. The normalized spacial score (nSPS) is 17.7. The van der Waals surface area contributed by atoms with Crippen LogP contribution in [0.5, 0.6) is 5.75 Å². The second-order valence-electron chi connectivity index (χ2n) is 20.9. The van der Waals surface area contributed by atoms with Gasteiger partial charge >= 0.3 is 5.97 Å². The Hall–Kier alpha value is -9.04. The fraction of sp³-hybridized carbons (Fsp3) is 0.615. The van der Waals surface area contributed by atoms with E-state index in [2.05, 4.69) is 57.5 Å². The van der Waals surface area contributed by atoms with Crippen molar-refractivity contribution in [1.82, 2.24) is 52.3 Å². The molecule has 0 saturated carbocycles. The van der Waals surface area contributed by atoms with Crippen molar-refractivity contribution in [3.05, 3.63) is 29.8 Å². The number of nitrogens with two attached hydrogens (primary N) is 7. The van der Waals surface area contributed by atoms with E-state index in [0.29, 0.717) is 18.4 Å². The van der Waals surface area contributed by atoms with Crippen LogP contribution < -0.4 is 82.7 Å². The van der Waals surface area contributed by atoms with E-state index in [1.165, 1.54) is 56.6 Å². The molecule has 85 heavy (non-hydrogen) atoms. The average Bonchev–Trinajstić information content (AvgIpc) is 3.68. The van der Waals surface area contributed by atoms with Gasteiger partial charge in [0.2, 0.25) is 59.1 Å². The van der Waals surface area contributed by atoms with Gasteiger partial charge in [-0.15, -0.1) is 0 Å². The predicted molar refractivity (Wildman–Crippen MR) is 310 cm³/mol. The number of carbonyl (C=O) groups excluding carboxylic acids is 10. The molecule has 10 amide bonds. The second kappa shape index (κ2) is 34.5. The molecule has 24 N–H and O–H groups in total. The molecule has 1 aromatic carbocycles. The van der Waals surface area contributed by atoms with Crippen molar-refractivity contribution in [1.29, 1.82) is 0 Å². The quantitative estimate of drug-likeness (QED) is 0.0177. The minimum atomic E-state index is -1.32. The molecule has 0 unspecified atom stereocenters. The van der Waals surface area contributed by atoms with Crippen molar-refractivity contribution in [3.8, 4) is 5.75 Å². The van der Waals surface area contributed by atoms with Crippen molar-refractivity contribution >= 4 is 82.9 Å². The summed E-state index contributed by atoms with van der Waals surface area (Å²) in [6, 6.07) is -7.21. The number of aliphatic imine (C=N–C) groups is 3. The van der Waals surface area contributed by atoms with Gasteiger partial charge in [-0.25, -0.2) is 0 Å². The number of amides is 10. The maximum Gasteiger partial charge on any atom is 0.325 e. The van der Waals surface area contributed by atoms with Crippen LogP contribution in [0.4, 0.5) is 0 Å². The van der Waals surface area contributed by atoms with Crippen molar-refractivity contribution in [3.63, 3.8) is 0 Å². The summed E-state index contributed by atoms with van der Waals surface area (Å²) in [6.07, 6.45) is 1.77. The highest BCUT2D eigenvalue weighted by Crippen LogP contribution is 2.22. The highest BCUT2D eigenvalue weighted by atomic mass is 16.4. The first-order valence-corrected chi connectivity index (χ1v) is 28.0. The number of rotatable bonds is 33. The number of hydrogen-bond donors (Lipinski definition) is 17. The van der Waals surface area contributed by atoms with Gasteiger partial charge in [-0.05, 0) is 123 Å². The molecule has 472 valence electrons.